The lowest BCUT2D eigenvalue weighted by Crippen LogP contribution is -2.21. The molecular weight excluding hydrogens is 216 g/mol. The lowest BCUT2D eigenvalue weighted by atomic mass is 10.4. The molecule has 1 rings (SSSR count). The molecule has 6 heteroatoms. The summed E-state index contributed by atoms with van der Waals surface area (Å²) in [6.45, 7) is 1.60. The topological polar surface area (TPSA) is 83.0 Å². The number of hydrogen-bond donors (Lipinski definition) is 2. The van der Waals surface area contributed by atoms with Gasteiger partial charge in [-0.3, -0.25) is 4.79 Å². The van der Waals surface area contributed by atoms with E-state index < -0.39 is 5.97 Å². The molecule has 0 atom stereocenters. The average molecular weight is 226 g/mol. The summed E-state index contributed by atoms with van der Waals surface area (Å²) < 4.78 is 5.22. The van der Waals surface area contributed by atoms with Crippen molar-refractivity contribution in [2.75, 3.05) is 7.11 Å². The molecule has 0 aliphatic carbocycles. The van der Waals surface area contributed by atoms with Gasteiger partial charge >= 0.3 is 5.97 Å². The van der Waals surface area contributed by atoms with Crippen molar-refractivity contribution in [2.45, 2.75) is 6.92 Å². The summed E-state index contributed by atoms with van der Waals surface area (Å²) in [4.78, 5) is 24.7. The molecule has 15 heavy (non-hydrogen) atoms. The first-order valence-electron chi connectivity index (χ1n) is 4.08. The molecule has 0 radical (unpaired) electrons. The van der Waals surface area contributed by atoms with Crippen LogP contribution >= 0.6 is 11.3 Å². The van der Waals surface area contributed by atoms with Gasteiger partial charge in [-0.2, -0.15) is 0 Å². The number of hydrogen-bond acceptors (Lipinski definition) is 5. The van der Waals surface area contributed by atoms with E-state index in [2.05, 4.69) is 9.72 Å². The number of rotatable bonds is 2. The van der Waals surface area contributed by atoms with Crippen molar-refractivity contribution >= 4 is 35.2 Å². The first-order chi connectivity index (χ1) is 7.02. The van der Waals surface area contributed by atoms with E-state index in [1.54, 1.807) is 6.92 Å². The maximum absolute atomic E-state index is 11.3. The van der Waals surface area contributed by atoms with Crippen molar-refractivity contribution in [3.8, 4) is 0 Å². The normalized spacial score (nSPS) is 12.9. The number of methoxy groups -OCH3 is 1. The van der Waals surface area contributed by atoms with Crippen molar-refractivity contribution in [1.29, 1.82) is 5.41 Å². The van der Waals surface area contributed by atoms with Crippen LogP contribution in [0, 0.1) is 5.41 Å². The van der Waals surface area contributed by atoms with E-state index in [1.807, 2.05) is 0 Å². The minimum Gasteiger partial charge on any atom is -0.466 e. The summed E-state index contributed by atoms with van der Waals surface area (Å²) in [5.41, 5.74) is -0.0185. The Kier molecular flexibility index (Phi) is 3.56. The van der Waals surface area contributed by atoms with Crippen LogP contribution in [0.2, 0.25) is 0 Å². The maximum atomic E-state index is 11.3. The fraction of sp³-hybridized carbons (Fsp3) is 0.222. The Hall–Kier alpha value is -1.69. The second-order valence-corrected chi connectivity index (χ2v) is 3.86. The molecule has 1 aromatic heterocycles. The van der Waals surface area contributed by atoms with Gasteiger partial charge in [-0.25, -0.2) is 4.79 Å². The first kappa shape index (κ1) is 11.4. The van der Waals surface area contributed by atoms with E-state index in [9.17, 15) is 9.59 Å². The number of H-pyrrole nitrogens is 1. The molecular formula is C9H10N2O3S. The smallest absolute Gasteiger partial charge is 0.332 e. The highest BCUT2D eigenvalue weighted by Crippen LogP contribution is 1.77. The van der Waals surface area contributed by atoms with Crippen LogP contribution in [0.3, 0.4) is 0 Å². The van der Waals surface area contributed by atoms with Crippen molar-refractivity contribution < 1.29 is 9.53 Å². The number of carbonyl (C=O) groups is 1. The highest BCUT2D eigenvalue weighted by Gasteiger charge is 1.98. The first-order valence-corrected chi connectivity index (χ1v) is 4.90. The zero-order valence-electron chi connectivity index (χ0n) is 8.29. The summed E-state index contributed by atoms with van der Waals surface area (Å²) in [7, 11) is 1.25. The van der Waals surface area contributed by atoms with E-state index in [1.165, 1.54) is 13.2 Å². The minimum atomic E-state index is -0.569. The van der Waals surface area contributed by atoms with Crippen LogP contribution in [-0.4, -0.2) is 23.8 Å². The van der Waals surface area contributed by atoms with Crippen LogP contribution in [-0.2, 0) is 9.53 Å². The predicted octanol–water partition coefficient (Wildman–Crippen LogP) is -0.790. The van der Waals surface area contributed by atoms with Crippen LogP contribution in [0.15, 0.2) is 4.79 Å². The predicted molar refractivity (Wildman–Crippen MR) is 58.5 cm³/mol. The van der Waals surface area contributed by atoms with E-state index in [-0.39, 0.29) is 10.1 Å². The van der Waals surface area contributed by atoms with Crippen LogP contribution in [0.25, 0.3) is 12.2 Å². The summed E-state index contributed by atoms with van der Waals surface area (Å²) in [6.07, 6.45) is 2.64. The number of esters is 1. The molecule has 2 N–H and O–H groups in total. The van der Waals surface area contributed by atoms with Gasteiger partial charge in [-0.15, -0.1) is 11.3 Å². The van der Waals surface area contributed by atoms with Gasteiger partial charge in [-0.05, 0) is 13.0 Å². The Labute approximate surface area is 89.2 Å². The molecule has 1 aromatic rings. The molecule has 0 fully saturated rings. The van der Waals surface area contributed by atoms with Gasteiger partial charge in [0.15, 0.2) is 0 Å². The van der Waals surface area contributed by atoms with Gasteiger partial charge in [0.2, 0.25) is 0 Å². The van der Waals surface area contributed by atoms with Crippen LogP contribution in [0.5, 0.6) is 0 Å². The molecule has 0 aliphatic heterocycles. The molecule has 0 aliphatic rings. The molecule has 0 bridgehead atoms. The third-order valence-corrected chi connectivity index (χ3v) is 2.44. The summed E-state index contributed by atoms with van der Waals surface area (Å²) >= 11 is 1.11. The zero-order chi connectivity index (χ0) is 11.4. The molecule has 0 aromatic carbocycles. The number of aromatic nitrogens is 1. The fourth-order valence-electron chi connectivity index (χ4n) is 0.887. The van der Waals surface area contributed by atoms with Gasteiger partial charge < -0.3 is 15.1 Å². The zero-order valence-corrected chi connectivity index (χ0v) is 9.10. The molecule has 0 saturated carbocycles. The van der Waals surface area contributed by atoms with E-state index >= 15 is 0 Å². The van der Waals surface area contributed by atoms with Crippen LogP contribution < -0.4 is 14.8 Å². The Bertz CT molecular complexity index is 553. The van der Waals surface area contributed by atoms with Crippen LogP contribution in [0.4, 0.5) is 0 Å². The maximum Gasteiger partial charge on any atom is 0.332 e. The second kappa shape index (κ2) is 4.70. The molecule has 80 valence electrons. The quantitative estimate of drug-likeness (QED) is 0.512. The Morgan fingerprint density at radius 3 is 2.73 bits per heavy atom. The Morgan fingerprint density at radius 1 is 1.53 bits per heavy atom. The highest BCUT2D eigenvalue weighted by molar-refractivity contribution is 7.07. The third kappa shape index (κ3) is 3.17. The number of thiazole rings is 1. The Balaban J connectivity index is 3.30. The SMILES string of the molecule is COC(=O)/C=c1\s/c(=C/C(C)=N)[nH]c1=O. The summed E-state index contributed by atoms with van der Waals surface area (Å²) in [6, 6.07) is 0. The number of aromatic amines is 1. The van der Waals surface area contributed by atoms with Crippen molar-refractivity contribution in [1.82, 2.24) is 4.98 Å². The van der Waals surface area contributed by atoms with Crippen molar-refractivity contribution in [2.24, 2.45) is 0 Å². The molecule has 0 spiro atoms. The summed E-state index contributed by atoms with van der Waals surface area (Å²) in [5, 5.41) is 7.22. The van der Waals surface area contributed by atoms with Gasteiger partial charge in [0.1, 0.15) is 4.53 Å². The third-order valence-electron chi connectivity index (χ3n) is 1.48. The molecule has 1 heterocycles. The molecule has 5 nitrogen and oxygen atoms in total. The van der Waals surface area contributed by atoms with E-state index in [4.69, 9.17) is 5.41 Å². The lowest BCUT2D eigenvalue weighted by molar-refractivity contribution is -0.133. The number of carbonyl (C=O) groups excluding carboxylic acids is 1. The van der Waals surface area contributed by atoms with E-state index in [0.29, 0.717) is 10.4 Å². The van der Waals surface area contributed by atoms with E-state index in [0.717, 1.165) is 17.4 Å². The fourth-order valence-corrected chi connectivity index (χ4v) is 1.80. The number of ether oxygens (including phenoxy) is 1. The van der Waals surface area contributed by atoms with Crippen molar-refractivity contribution in [3.05, 3.63) is 19.5 Å². The lowest BCUT2D eigenvalue weighted by Gasteiger charge is -1.85. The molecule has 0 unspecified atom stereocenters. The van der Waals surface area contributed by atoms with Gasteiger partial charge in [0.05, 0.1) is 11.8 Å². The second-order valence-electron chi connectivity index (χ2n) is 2.78. The molecule has 0 saturated heterocycles. The van der Waals surface area contributed by atoms with Gasteiger partial charge in [0, 0.05) is 11.8 Å². The Morgan fingerprint density at radius 2 is 2.20 bits per heavy atom. The standard InChI is InChI=1S/C9H10N2O3S/c1-5(10)3-7-11-9(13)6(15-7)4-8(12)14-2/h3-4,10H,1-2H3,(H,11,13)/b6-4-,7-3+,10-5?. The minimum absolute atomic E-state index is 0.273. The van der Waals surface area contributed by atoms with Crippen molar-refractivity contribution in [3.63, 3.8) is 0 Å². The van der Waals surface area contributed by atoms with Gasteiger partial charge in [-0.1, -0.05) is 0 Å². The average Bonchev–Trinajstić information content (AvgIpc) is 2.45. The molecule has 0 amide bonds. The highest BCUT2D eigenvalue weighted by atomic mass is 32.1. The largest absolute Gasteiger partial charge is 0.466 e. The monoisotopic (exact) mass is 226 g/mol. The van der Waals surface area contributed by atoms with Gasteiger partial charge in [0.25, 0.3) is 5.56 Å². The summed E-state index contributed by atoms with van der Waals surface area (Å²) in [5.74, 6) is -0.569. The number of nitrogens with one attached hydrogen (secondary N) is 2. The van der Waals surface area contributed by atoms with Crippen LogP contribution in [0.1, 0.15) is 6.92 Å².